The van der Waals surface area contributed by atoms with Crippen molar-refractivity contribution in [3.8, 4) is 11.1 Å². The van der Waals surface area contributed by atoms with Crippen LogP contribution in [0.3, 0.4) is 0 Å². The monoisotopic (exact) mass is 569 g/mol. The molecule has 2 atom stereocenters. The molecule has 1 unspecified atom stereocenters. The summed E-state index contributed by atoms with van der Waals surface area (Å²) in [5.41, 5.74) is 2.08. The third-order valence-electron chi connectivity index (χ3n) is 7.17. The molecule has 1 aliphatic heterocycles. The first-order valence-electron chi connectivity index (χ1n) is 12.8. The number of hydrogen-bond donors (Lipinski definition) is 2. The molecule has 0 bridgehead atoms. The van der Waals surface area contributed by atoms with Gasteiger partial charge in [0, 0.05) is 61.9 Å². The molecular formula is C27H32ClN7O3S. The van der Waals surface area contributed by atoms with Crippen LogP contribution in [0.25, 0.3) is 22.0 Å². The minimum Gasteiger partial charge on any atom is -0.382 e. The number of fused-ring (bicyclic) bond motifs is 1. The molecule has 1 aliphatic rings. The first-order chi connectivity index (χ1) is 18.4. The molecule has 39 heavy (non-hydrogen) atoms. The van der Waals surface area contributed by atoms with Crippen LogP contribution >= 0.6 is 11.6 Å². The summed E-state index contributed by atoms with van der Waals surface area (Å²) in [4.78, 5) is 13.4. The summed E-state index contributed by atoms with van der Waals surface area (Å²) in [5, 5.41) is 19.1. The van der Waals surface area contributed by atoms with Crippen molar-refractivity contribution >= 4 is 38.2 Å². The van der Waals surface area contributed by atoms with E-state index < -0.39 is 15.6 Å². The number of aliphatic hydroxyl groups is 1. The molecule has 1 saturated heterocycles. The molecule has 10 nitrogen and oxygen atoms in total. The fourth-order valence-corrected chi connectivity index (χ4v) is 6.64. The maximum atomic E-state index is 13.2. The second-order valence-electron chi connectivity index (χ2n) is 10.6. The molecule has 4 aromatic rings. The zero-order chi connectivity index (χ0) is 27.9. The van der Waals surface area contributed by atoms with Gasteiger partial charge in [0.2, 0.25) is 10.0 Å². The Morgan fingerprint density at radius 1 is 1.13 bits per heavy atom. The lowest BCUT2D eigenvalue weighted by molar-refractivity contribution is 0.0687. The van der Waals surface area contributed by atoms with Crippen LogP contribution in [0.5, 0.6) is 0 Å². The number of nitrogens with one attached hydrogen (secondary N) is 1. The van der Waals surface area contributed by atoms with Gasteiger partial charge in [0.25, 0.3) is 0 Å². The van der Waals surface area contributed by atoms with Crippen molar-refractivity contribution in [1.82, 2.24) is 29.0 Å². The van der Waals surface area contributed by atoms with E-state index in [0.717, 1.165) is 40.6 Å². The van der Waals surface area contributed by atoms with Crippen molar-refractivity contribution in [2.75, 3.05) is 18.4 Å². The summed E-state index contributed by atoms with van der Waals surface area (Å²) in [5.74, 6) is 0.426. The van der Waals surface area contributed by atoms with Gasteiger partial charge in [-0.05, 0) is 57.2 Å². The van der Waals surface area contributed by atoms with Crippen molar-refractivity contribution in [2.24, 2.45) is 13.0 Å². The summed E-state index contributed by atoms with van der Waals surface area (Å²) in [7, 11) is -1.91. The van der Waals surface area contributed by atoms with Gasteiger partial charge in [-0.2, -0.15) is 9.40 Å². The maximum Gasteiger partial charge on any atom is 0.246 e. The van der Waals surface area contributed by atoms with Crippen LogP contribution in [0, 0.1) is 5.92 Å². The minimum atomic E-state index is -3.61. The Morgan fingerprint density at radius 2 is 1.87 bits per heavy atom. The van der Waals surface area contributed by atoms with Crippen molar-refractivity contribution in [1.29, 1.82) is 0 Å². The zero-order valence-corrected chi connectivity index (χ0v) is 23.9. The minimum absolute atomic E-state index is 0.0574. The third-order valence-corrected chi connectivity index (χ3v) is 9.28. The molecule has 5 rings (SSSR count). The lowest BCUT2D eigenvalue weighted by atomic mass is 9.92. The molecule has 0 amide bonds. The average molecular weight is 570 g/mol. The summed E-state index contributed by atoms with van der Waals surface area (Å²) in [6.45, 7) is 6.23. The number of hydrogen-bond acceptors (Lipinski definition) is 8. The number of pyridine rings is 1. The van der Waals surface area contributed by atoms with E-state index in [1.807, 2.05) is 18.2 Å². The predicted octanol–water partition coefficient (Wildman–Crippen LogP) is 4.21. The molecule has 2 N–H and O–H groups in total. The van der Waals surface area contributed by atoms with Gasteiger partial charge in [0.05, 0.1) is 22.4 Å². The fraction of sp³-hybridized carbons (Fsp3) is 0.407. The normalized spacial score (nSPS) is 17.8. The lowest BCUT2D eigenvalue weighted by Crippen LogP contribution is -2.44. The Morgan fingerprint density at radius 3 is 2.54 bits per heavy atom. The topological polar surface area (TPSA) is 126 Å². The molecule has 1 fully saturated rings. The molecule has 0 saturated carbocycles. The number of rotatable bonds is 7. The number of piperidine rings is 1. The van der Waals surface area contributed by atoms with Gasteiger partial charge in [0.15, 0.2) is 5.82 Å². The number of benzene rings is 1. The Bertz CT molecular complexity index is 1600. The molecule has 0 radical (unpaired) electrons. The Kier molecular flexibility index (Phi) is 7.36. The maximum absolute atomic E-state index is 13.2. The SMILES string of the molecule is C[C@@H](Nc1c(Cl)cnc2ccc(-c3cnc(C(C)(C)O)nc3)cc12)C1CCCN(S(=O)(=O)c2cnn(C)c2)C1. The second kappa shape index (κ2) is 10.5. The van der Waals surface area contributed by atoms with Gasteiger partial charge in [0.1, 0.15) is 10.5 Å². The van der Waals surface area contributed by atoms with Crippen molar-refractivity contribution in [2.45, 2.75) is 50.2 Å². The van der Waals surface area contributed by atoms with E-state index in [9.17, 15) is 13.5 Å². The quantitative estimate of drug-likeness (QED) is 0.339. The van der Waals surface area contributed by atoms with Gasteiger partial charge in [-0.3, -0.25) is 9.67 Å². The van der Waals surface area contributed by atoms with E-state index in [1.54, 1.807) is 43.8 Å². The summed E-state index contributed by atoms with van der Waals surface area (Å²) in [6.07, 6.45) is 9.59. The molecule has 1 aromatic carbocycles. The highest BCUT2D eigenvalue weighted by Crippen LogP contribution is 2.35. The highest BCUT2D eigenvalue weighted by Gasteiger charge is 2.33. The number of anilines is 1. The highest BCUT2D eigenvalue weighted by molar-refractivity contribution is 7.89. The Hall–Kier alpha value is -3.12. The van der Waals surface area contributed by atoms with Crippen molar-refractivity contribution in [3.63, 3.8) is 0 Å². The van der Waals surface area contributed by atoms with Gasteiger partial charge in [-0.1, -0.05) is 17.7 Å². The fourth-order valence-electron chi connectivity index (χ4n) is 4.91. The van der Waals surface area contributed by atoms with Crippen LogP contribution < -0.4 is 5.32 Å². The molecule has 0 aliphatic carbocycles. The van der Waals surface area contributed by atoms with Gasteiger partial charge in [-0.15, -0.1) is 0 Å². The van der Waals surface area contributed by atoms with E-state index in [-0.39, 0.29) is 16.9 Å². The number of halogens is 1. The predicted molar refractivity (Wildman–Crippen MR) is 151 cm³/mol. The summed E-state index contributed by atoms with van der Waals surface area (Å²) >= 11 is 6.65. The van der Waals surface area contributed by atoms with Crippen LogP contribution in [0.2, 0.25) is 5.02 Å². The van der Waals surface area contributed by atoms with Crippen LogP contribution in [0.1, 0.15) is 39.4 Å². The number of aryl methyl sites for hydroxylation is 1. The lowest BCUT2D eigenvalue weighted by Gasteiger charge is -2.35. The Labute approximate surface area is 233 Å². The first kappa shape index (κ1) is 27.4. The van der Waals surface area contributed by atoms with Crippen molar-refractivity contribution < 1.29 is 13.5 Å². The first-order valence-corrected chi connectivity index (χ1v) is 14.6. The van der Waals surface area contributed by atoms with Crippen molar-refractivity contribution in [3.05, 3.63) is 60.0 Å². The van der Waals surface area contributed by atoms with Gasteiger partial charge >= 0.3 is 0 Å². The molecule has 206 valence electrons. The van der Waals surface area contributed by atoms with E-state index in [4.69, 9.17) is 11.6 Å². The number of aromatic nitrogens is 5. The van der Waals surface area contributed by atoms with E-state index >= 15 is 0 Å². The van der Waals surface area contributed by atoms with Gasteiger partial charge < -0.3 is 10.4 Å². The zero-order valence-electron chi connectivity index (χ0n) is 22.3. The average Bonchev–Trinajstić information content (AvgIpc) is 3.37. The van der Waals surface area contributed by atoms with Gasteiger partial charge in [-0.25, -0.2) is 18.4 Å². The van der Waals surface area contributed by atoms with E-state index in [1.165, 1.54) is 17.1 Å². The molecule has 3 aromatic heterocycles. The molecule has 0 spiro atoms. The van der Waals surface area contributed by atoms with Crippen LogP contribution in [0.15, 0.2) is 54.1 Å². The van der Waals surface area contributed by atoms with E-state index in [2.05, 4.69) is 32.3 Å². The summed E-state index contributed by atoms with van der Waals surface area (Å²) in [6, 6.07) is 5.80. The number of sulfonamides is 1. The second-order valence-corrected chi connectivity index (χ2v) is 13.0. The van der Waals surface area contributed by atoms with Crippen LogP contribution in [0.4, 0.5) is 5.69 Å². The smallest absolute Gasteiger partial charge is 0.246 e. The standard InChI is InChI=1S/C27H32ClN7O3S/c1-17(19-6-5-9-35(15-19)39(37,38)21-13-32-34(4)16-21)33-25-22-10-18(7-8-24(22)29-14-23(25)28)20-11-30-26(31-12-20)27(2,3)36/h7-8,10-14,16-17,19,36H,5-6,9,15H2,1-4H3,(H,29,33)/t17-,19?/m1/s1. The Balaban J connectivity index is 1.40. The number of nitrogens with zero attached hydrogens (tertiary/aromatic N) is 6. The summed E-state index contributed by atoms with van der Waals surface area (Å²) < 4.78 is 29.5. The molecule has 12 heteroatoms. The highest BCUT2D eigenvalue weighted by atomic mass is 35.5. The van der Waals surface area contributed by atoms with Crippen LogP contribution in [-0.2, 0) is 22.7 Å². The van der Waals surface area contributed by atoms with Crippen LogP contribution in [-0.4, -0.2) is 61.7 Å². The van der Waals surface area contributed by atoms with E-state index in [0.29, 0.717) is 23.9 Å². The molecular weight excluding hydrogens is 538 g/mol. The third kappa shape index (κ3) is 5.62. The largest absolute Gasteiger partial charge is 0.382 e. The molecule has 4 heterocycles.